The van der Waals surface area contributed by atoms with Crippen LogP contribution in [0.25, 0.3) is 28.1 Å². The minimum Gasteiger partial charge on any atom is -0.497 e. The summed E-state index contributed by atoms with van der Waals surface area (Å²) in [6.45, 7) is 1.36. The zero-order valence-electron chi connectivity index (χ0n) is 22.3. The van der Waals surface area contributed by atoms with Crippen molar-refractivity contribution in [2.24, 2.45) is 0 Å². The molecule has 0 bridgehead atoms. The monoisotopic (exact) mass is 533 g/mol. The van der Waals surface area contributed by atoms with Gasteiger partial charge in [0.2, 0.25) is 5.88 Å². The molecule has 8 nitrogen and oxygen atoms in total. The predicted octanol–water partition coefficient (Wildman–Crippen LogP) is 6.40. The maximum absolute atomic E-state index is 12.8. The quantitative estimate of drug-likeness (QED) is 0.232. The molecule has 0 saturated carbocycles. The minimum atomic E-state index is -0.473. The van der Waals surface area contributed by atoms with Crippen LogP contribution < -0.4 is 19.5 Å². The van der Waals surface area contributed by atoms with E-state index < -0.39 is 5.97 Å². The van der Waals surface area contributed by atoms with Crippen LogP contribution in [0.2, 0.25) is 0 Å². The van der Waals surface area contributed by atoms with Gasteiger partial charge in [-0.15, -0.1) is 0 Å². The number of hydrogen-bond donors (Lipinski definition) is 1. The molecule has 40 heavy (non-hydrogen) atoms. The lowest BCUT2D eigenvalue weighted by atomic mass is 10.0. The summed E-state index contributed by atoms with van der Waals surface area (Å²) in [5.41, 5.74) is 4.61. The number of ether oxygens (including phenoxy) is 3. The number of nitrogens with zero attached hydrogens (tertiary/aromatic N) is 2. The van der Waals surface area contributed by atoms with Gasteiger partial charge in [-0.3, -0.25) is 9.59 Å². The highest BCUT2D eigenvalue weighted by atomic mass is 16.5. The molecule has 1 heterocycles. The van der Waals surface area contributed by atoms with E-state index >= 15 is 0 Å². The van der Waals surface area contributed by atoms with E-state index in [4.69, 9.17) is 19.3 Å². The summed E-state index contributed by atoms with van der Waals surface area (Å²) in [6.07, 6.45) is 0. The van der Waals surface area contributed by atoms with Gasteiger partial charge in [0.25, 0.3) is 5.91 Å². The zero-order valence-corrected chi connectivity index (χ0v) is 22.3. The van der Waals surface area contributed by atoms with Crippen LogP contribution in [-0.4, -0.2) is 35.9 Å². The van der Waals surface area contributed by atoms with E-state index in [2.05, 4.69) is 5.32 Å². The number of esters is 1. The van der Waals surface area contributed by atoms with Crippen molar-refractivity contribution in [3.8, 4) is 45.5 Å². The smallest absolute Gasteiger partial charge is 0.309 e. The molecular formula is C32H27N3O5. The number of methoxy groups -OCH3 is 2. The van der Waals surface area contributed by atoms with Crippen LogP contribution >= 0.6 is 0 Å². The van der Waals surface area contributed by atoms with Crippen molar-refractivity contribution in [3.05, 3.63) is 109 Å². The van der Waals surface area contributed by atoms with Crippen molar-refractivity contribution in [3.63, 3.8) is 0 Å². The largest absolute Gasteiger partial charge is 0.497 e. The molecule has 8 heteroatoms. The van der Waals surface area contributed by atoms with E-state index in [0.717, 1.165) is 16.8 Å². The summed E-state index contributed by atoms with van der Waals surface area (Å²) in [4.78, 5) is 25.0. The highest BCUT2D eigenvalue weighted by Gasteiger charge is 2.25. The molecule has 1 aromatic heterocycles. The summed E-state index contributed by atoms with van der Waals surface area (Å²) in [5, 5.41) is 7.80. The predicted molar refractivity (Wildman–Crippen MR) is 153 cm³/mol. The first-order valence-corrected chi connectivity index (χ1v) is 12.5. The Morgan fingerprint density at radius 3 is 2.10 bits per heavy atom. The number of carbonyl (C=O) groups is 2. The van der Waals surface area contributed by atoms with E-state index in [1.54, 1.807) is 55.3 Å². The van der Waals surface area contributed by atoms with Gasteiger partial charge in [0.15, 0.2) is 0 Å². The van der Waals surface area contributed by atoms with Gasteiger partial charge in [0.1, 0.15) is 17.2 Å². The number of nitrogens with one attached hydrogen (secondary N) is 1. The second-order valence-electron chi connectivity index (χ2n) is 8.86. The van der Waals surface area contributed by atoms with Gasteiger partial charge in [0, 0.05) is 23.7 Å². The standard InChI is InChI=1S/C32H27N3O5/c1-21(36)40-32-29(22-12-16-25(17-13-22)33-31(37)23-14-18-27(38-2)19-15-23)30(24-8-7-11-28(20-24)39-3)34-35(32)26-9-5-4-6-10-26/h4-20H,1-3H3,(H,33,37). The van der Waals surface area contributed by atoms with Crippen molar-refractivity contribution < 1.29 is 23.8 Å². The van der Waals surface area contributed by atoms with Gasteiger partial charge < -0.3 is 19.5 Å². The number of amides is 1. The first-order chi connectivity index (χ1) is 19.5. The van der Waals surface area contributed by atoms with Crippen LogP contribution in [0.15, 0.2) is 103 Å². The number of hydrogen-bond acceptors (Lipinski definition) is 6. The van der Waals surface area contributed by atoms with E-state index in [9.17, 15) is 9.59 Å². The van der Waals surface area contributed by atoms with E-state index in [-0.39, 0.29) is 11.8 Å². The van der Waals surface area contributed by atoms with Gasteiger partial charge in [-0.2, -0.15) is 9.78 Å². The number of para-hydroxylation sites is 1. The molecular weight excluding hydrogens is 506 g/mol. The maximum Gasteiger partial charge on any atom is 0.309 e. The maximum atomic E-state index is 12.8. The van der Waals surface area contributed by atoms with Crippen molar-refractivity contribution in [1.82, 2.24) is 9.78 Å². The summed E-state index contributed by atoms with van der Waals surface area (Å²) >= 11 is 0. The third-order valence-corrected chi connectivity index (χ3v) is 6.21. The fraction of sp³-hybridized carbons (Fsp3) is 0.0938. The molecule has 1 amide bonds. The van der Waals surface area contributed by atoms with Gasteiger partial charge in [-0.25, -0.2) is 0 Å². The average molecular weight is 534 g/mol. The number of aromatic nitrogens is 2. The molecule has 0 aliphatic heterocycles. The first kappa shape index (κ1) is 26.2. The van der Waals surface area contributed by atoms with E-state index in [1.165, 1.54) is 6.92 Å². The van der Waals surface area contributed by atoms with Gasteiger partial charge >= 0.3 is 5.97 Å². The molecule has 5 rings (SSSR count). The highest BCUT2D eigenvalue weighted by Crippen LogP contribution is 2.41. The third kappa shape index (κ3) is 5.56. The minimum absolute atomic E-state index is 0.245. The molecule has 0 aliphatic carbocycles. The first-order valence-electron chi connectivity index (χ1n) is 12.5. The highest BCUT2D eigenvalue weighted by molar-refractivity contribution is 6.04. The second kappa shape index (κ2) is 11.6. The van der Waals surface area contributed by atoms with Crippen LogP contribution in [0, 0.1) is 0 Å². The molecule has 5 aromatic rings. The Bertz CT molecular complexity index is 1640. The molecule has 4 aromatic carbocycles. The van der Waals surface area contributed by atoms with Crippen LogP contribution in [0.4, 0.5) is 5.69 Å². The van der Waals surface area contributed by atoms with Crippen molar-refractivity contribution in [2.75, 3.05) is 19.5 Å². The summed E-state index contributed by atoms with van der Waals surface area (Å²) < 4.78 is 18.0. The Morgan fingerprint density at radius 2 is 1.45 bits per heavy atom. The summed E-state index contributed by atoms with van der Waals surface area (Å²) in [5.74, 6) is 0.908. The van der Waals surface area contributed by atoms with Crippen LogP contribution in [0.3, 0.4) is 0 Å². The third-order valence-electron chi connectivity index (χ3n) is 6.21. The Balaban J connectivity index is 1.58. The second-order valence-corrected chi connectivity index (χ2v) is 8.86. The summed E-state index contributed by atoms with van der Waals surface area (Å²) in [6, 6.07) is 31.2. The number of rotatable bonds is 8. The van der Waals surface area contributed by atoms with Crippen molar-refractivity contribution in [2.45, 2.75) is 6.92 Å². The fourth-order valence-corrected chi connectivity index (χ4v) is 4.28. The molecule has 1 N–H and O–H groups in total. The number of anilines is 1. The van der Waals surface area contributed by atoms with Gasteiger partial charge in [0.05, 0.1) is 25.5 Å². The van der Waals surface area contributed by atoms with Crippen LogP contribution in [0.5, 0.6) is 17.4 Å². The number of carbonyl (C=O) groups excluding carboxylic acids is 2. The molecule has 200 valence electrons. The van der Waals surface area contributed by atoms with E-state index in [1.807, 2.05) is 66.7 Å². The van der Waals surface area contributed by atoms with Crippen LogP contribution in [-0.2, 0) is 4.79 Å². The molecule has 0 saturated heterocycles. The molecule has 0 atom stereocenters. The SMILES string of the molecule is COc1ccc(C(=O)Nc2ccc(-c3c(-c4cccc(OC)c4)nn(-c4ccccc4)c3OC(C)=O)cc2)cc1. The lowest BCUT2D eigenvalue weighted by Crippen LogP contribution is -2.11. The topological polar surface area (TPSA) is 91.7 Å². The van der Waals surface area contributed by atoms with Crippen molar-refractivity contribution >= 4 is 17.6 Å². The Hall–Kier alpha value is -5.37. The molecule has 0 aliphatic rings. The lowest BCUT2D eigenvalue weighted by Gasteiger charge is -2.11. The molecule has 0 unspecified atom stereocenters. The van der Waals surface area contributed by atoms with Gasteiger partial charge in [-0.1, -0.05) is 42.5 Å². The Morgan fingerprint density at radius 1 is 0.750 bits per heavy atom. The fourth-order valence-electron chi connectivity index (χ4n) is 4.28. The lowest BCUT2D eigenvalue weighted by molar-refractivity contribution is -0.132. The Kier molecular flexibility index (Phi) is 7.59. The summed E-state index contributed by atoms with van der Waals surface area (Å²) in [7, 11) is 3.18. The van der Waals surface area contributed by atoms with Crippen molar-refractivity contribution in [1.29, 1.82) is 0 Å². The number of benzene rings is 4. The molecule has 0 fully saturated rings. The zero-order chi connectivity index (χ0) is 28.1. The Labute approximate surface area is 231 Å². The van der Waals surface area contributed by atoms with E-state index in [0.29, 0.717) is 34.0 Å². The molecule has 0 radical (unpaired) electrons. The average Bonchev–Trinajstić information content (AvgIpc) is 3.36. The van der Waals surface area contributed by atoms with Gasteiger partial charge in [-0.05, 0) is 66.2 Å². The molecule has 0 spiro atoms. The van der Waals surface area contributed by atoms with Crippen LogP contribution in [0.1, 0.15) is 17.3 Å². The normalized spacial score (nSPS) is 10.6.